The zero-order valence-electron chi connectivity index (χ0n) is 11.8. The number of hydrogen-bond acceptors (Lipinski definition) is 5. The van der Waals surface area contributed by atoms with E-state index in [1.807, 2.05) is 37.4 Å². The molecule has 1 unspecified atom stereocenters. The lowest BCUT2D eigenvalue weighted by atomic mass is 10.1. The lowest BCUT2D eigenvalue weighted by Crippen LogP contribution is -2.17. The Kier molecular flexibility index (Phi) is 4.90. The van der Waals surface area contributed by atoms with Crippen molar-refractivity contribution in [1.82, 2.24) is 9.97 Å². The summed E-state index contributed by atoms with van der Waals surface area (Å²) in [4.78, 5) is 8.51. The van der Waals surface area contributed by atoms with E-state index in [9.17, 15) is 5.11 Å². The second-order valence-electron chi connectivity index (χ2n) is 4.44. The van der Waals surface area contributed by atoms with Gasteiger partial charge in [0.2, 0.25) is 0 Å². The van der Waals surface area contributed by atoms with Crippen LogP contribution in [-0.2, 0) is 6.42 Å². The molecule has 106 valence electrons. The molecule has 1 heterocycles. The molecule has 5 nitrogen and oxygen atoms in total. The highest BCUT2D eigenvalue weighted by molar-refractivity contribution is 5.57. The average molecular weight is 272 g/mol. The lowest BCUT2D eigenvalue weighted by Gasteiger charge is -2.20. The van der Waals surface area contributed by atoms with Crippen molar-refractivity contribution in [3.63, 3.8) is 0 Å². The number of aliphatic hydroxyl groups excluding tert-OH is 1. The van der Waals surface area contributed by atoms with Crippen molar-refractivity contribution in [1.29, 1.82) is 0 Å². The molecule has 3 N–H and O–H groups in total. The number of rotatable bonds is 6. The van der Waals surface area contributed by atoms with Gasteiger partial charge in [-0.05, 0) is 12.0 Å². The zero-order valence-corrected chi connectivity index (χ0v) is 11.8. The van der Waals surface area contributed by atoms with Crippen LogP contribution in [-0.4, -0.2) is 28.7 Å². The van der Waals surface area contributed by atoms with Crippen LogP contribution in [0.3, 0.4) is 0 Å². The molecule has 20 heavy (non-hydrogen) atoms. The van der Waals surface area contributed by atoms with E-state index in [1.54, 1.807) is 0 Å². The molecule has 0 bridgehead atoms. The largest absolute Gasteiger partial charge is 0.394 e. The lowest BCUT2D eigenvalue weighted by molar-refractivity contribution is 0.276. The molecule has 1 aromatic carbocycles. The van der Waals surface area contributed by atoms with Crippen LogP contribution in [0, 0.1) is 0 Å². The fourth-order valence-electron chi connectivity index (χ4n) is 2.17. The van der Waals surface area contributed by atoms with Crippen LogP contribution in [0.5, 0.6) is 0 Å². The second-order valence-corrected chi connectivity index (χ2v) is 4.44. The van der Waals surface area contributed by atoms with Gasteiger partial charge >= 0.3 is 0 Å². The fraction of sp³-hybridized carbons (Fsp3) is 0.333. The molecule has 0 aliphatic carbocycles. The molecule has 0 aliphatic heterocycles. The van der Waals surface area contributed by atoms with Gasteiger partial charge in [0, 0.05) is 12.6 Å². The first-order chi connectivity index (χ1) is 9.80. The van der Waals surface area contributed by atoms with E-state index in [0.717, 1.165) is 29.2 Å². The molecular weight excluding hydrogens is 252 g/mol. The first kappa shape index (κ1) is 14.3. The van der Waals surface area contributed by atoms with Crippen LogP contribution >= 0.6 is 0 Å². The Balaban J connectivity index is 2.28. The third-order valence-corrected chi connectivity index (χ3v) is 3.23. The van der Waals surface area contributed by atoms with Gasteiger partial charge in [-0.2, -0.15) is 0 Å². The topological polar surface area (TPSA) is 70.1 Å². The average Bonchev–Trinajstić information content (AvgIpc) is 2.52. The van der Waals surface area contributed by atoms with Gasteiger partial charge in [0.1, 0.15) is 18.0 Å². The maximum absolute atomic E-state index is 9.61. The van der Waals surface area contributed by atoms with Crippen molar-refractivity contribution in [2.24, 2.45) is 0 Å². The summed E-state index contributed by atoms with van der Waals surface area (Å²) in [7, 11) is 1.84. The summed E-state index contributed by atoms with van der Waals surface area (Å²) in [5.41, 5.74) is 2.05. The molecule has 2 rings (SSSR count). The molecule has 0 aliphatic rings. The maximum atomic E-state index is 9.61. The molecule has 5 heteroatoms. The number of anilines is 2. The minimum absolute atomic E-state index is 0.00601. The number of aliphatic hydroxyl groups is 1. The Hall–Kier alpha value is -2.14. The summed E-state index contributed by atoms with van der Waals surface area (Å²) >= 11 is 0. The van der Waals surface area contributed by atoms with Crippen LogP contribution in [0.15, 0.2) is 36.7 Å². The van der Waals surface area contributed by atoms with Gasteiger partial charge < -0.3 is 15.7 Å². The summed E-state index contributed by atoms with van der Waals surface area (Å²) in [6.45, 7) is 2.06. The van der Waals surface area contributed by atoms with Crippen molar-refractivity contribution < 1.29 is 5.11 Å². The summed E-state index contributed by atoms with van der Waals surface area (Å²) in [5.74, 6) is 1.57. The quantitative estimate of drug-likeness (QED) is 0.752. The number of benzene rings is 1. The number of nitrogens with zero attached hydrogens (tertiary/aromatic N) is 2. The van der Waals surface area contributed by atoms with E-state index in [1.165, 1.54) is 6.33 Å². The van der Waals surface area contributed by atoms with Gasteiger partial charge in [-0.3, -0.25) is 0 Å². The monoisotopic (exact) mass is 272 g/mol. The standard InChI is InChI=1S/C15H20N4O/c1-3-12-14(16-2)17-10-18-15(12)19-13(9-20)11-7-5-4-6-8-11/h4-8,10,13,20H,3,9H2,1-2H3,(H2,16,17,18,19). The van der Waals surface area contributed by atoms with Crippen molar-refractivity contribution in [3.8, 4) is 0 Å². The predicted molar refractivity (Wildman–Crippen MR) is 80.8 cm³/mol. The highest BCUT2D eigenvalue weighted by Crippen LogP contribution is 2.24. The third kappa shape index (κ3) is 3.05. The molecule has 0 amide bonds. The number of aromatic nitrogens is 2. The molecule has 0 fully saturated rings. The van der Waals surface area contributed by atoms with Crippen LogP contribution in [0.4, 0.5) is 11.6 Å². The molecule has 0 saturated carbocycles. The van der Waals surface area contributed by atoms with E-state index in [2.05, 4.69) is 27.5 Å². The first-order valence-electron chi connectivity index (χ1n) is 6.74. The van der Waals surface area contributed by atoms with Gasteiger partial charge in [0.25, 0.3) is 0 Å². The molecule has 0 saturated heterocycles. The fourth-order valence-corrected chi connectivity index (χ4v) is 2.17. The van der Waals surface area contributed by atoms with Crippen LogP contribution < -0.4 is 10.6 Å². The smallest absolute Gasteiger partial charge is 0.135 e. The maximum Gasteiger partial charge on any atom is 0.135 e. The predicted octanol–water partition coefficient (Wildman–Crippen LogP) is 2.23. The highest BCUT2D eigenvalue weighted by atomic mass is 16.3. The normalized spacial score (nSPS) is 11.9. The van der Waals surface area contributed by atoms with Crippen LogP contribution in [0.25, 0.3) is 0 Å². The van der Waals surface area contributed by atoms with Gasteiger partial charge in [-0.1, -0.05) is 37.3 Å². The summed E-state index contributed by atoms with van der Waals surface area (Å²) in [5, 5.41) is 16.0. The van der Waals surface area contributed by atoms with E-state index in [0.29, 0.717) is 0 Å². The second kappa shape index (κ2) is 6.86. The highest BCUT2D eigenvalue weighted by Gasteiger charge is 2.14. The van der Waals surface area contributed by atoms with E-state index in [-0.39, 0.29) is 12.6 Å². The summed E-state index contributed by atoms with van der Waals surface area (Å²) in [6.07, 6.45) is 2.33. The van der Waals surface area contributed by atoms with Crippen LogP contribution in [0.1, 0.15) is 24.1 Å². The van der Waals surface area contributed by atoms with Crippen molar-refractivity contribution in [2.75, 3.05) is 24.3 Å². The minimum atomic E-state index is -0.180. The van der Waals surface area contributed by atoms with Crippen molar-refractivity contribution in [3.05, 3.63) is 47.8 Å². The zero-order chi connectivity index (χ0) is 14.4. The Bertz CT molecular complexity index is 545. The Morgan fingerprint density at radius 3 is 2.45 bits per heavy atom. The summed E-state index contributed by atoms with van der Waals surface area (Å²) < 4.78 is 0. The van der Waals surface area contributed by atoms with Crippen molar-refractivity contribution in [2.45, 2.75) is 19.4 Å². The van der Waals surface area contributed by atoms with Crippen molar-refractivity contribution >= 4 is 11.6 Å². The molecule has 0 spiro atoms. The minimum Gasteiger partial charge on any atom is -0.394 e. The Labute approximate surface area is 119 Å². The van der Waals surface area contributed by atoms with Gasteiger partial charge in [0.05, 0.1) is 12.6 Å². The number of hydrogen-bond donors (Lipinski definition) is 3. The first-order valence-corrected chi connectivity index (χ1v) is 6.74. The molecule has 1 atom stereocenters. The van der Waals surface area contributed by atoms with Gasteiger partial charge in [-0.25, -0.2) is 9.97 Å². The van der Waals surface area contributed by atoms with Crippen LogP contribution in [0.2, 0.25) is 0 Å². The molecule has 2 aromatic rings. The van der Waals surface area contributed by atoms with E-state index < -0.39 is 0 Å². The summed E-state index contributed by atoms with van der Waals surface area (Å²) in [6, 6.07) is 9.67. The van der Waals surface area contributed by atoms with E-state index in [4.69, 9.17) is 0 Å². The number of nitrogens with one attached hydrogen (secondary N) is 2. The Morgan fingerprint density at radius 1 is 1.15 bits per heavy atom. The molecule has 0 radical (unpaired) electrons. The third-order valence-electron chi connectivity index (χ3n) is 3.23. The molecular formula is C15H20N4O. The molecule has 1 aromatic heterocycles. The van der Waals surface area contributed by atoms with Gasteiger partial charge in [0.15, 0.2) is 0 Å². The Morgan fingerprint density at radius 2 is 1.85 bits per heavy atom. The van der Waals surface area contributed by atoms with E-state index >= 15 is 0 Å². The van der Waals surface area contributed by atoms with Gasteiger partial charge in [-0.15, -0.1) is 0 Å². The SMILES string of the molecule is CCc1c(NC)ncnc1NC(CO)c1ccccc1.